The predicted octanol–water partition coefficient (Wildman–Crippen LogP) is 4.15. The third kappa shape index (κ3) is 3.34. The molecule has 0 radical (unpaired) electrons. The van der Waals surface area contributed by atoms with Gasteiger partial charge in [0, 0.05) is 22.8 Å². The van der Waals surface area contributed by atoms with Gasteiger partial charge in [0.15, 0.2) is 0 Å². The third-order valence-corrected chi connectivity index (χ3v) is 4.55. The van der Waals surface area contributed by atoms with E-state index >= 15 is 0 Å². The predicted molar refractivity (Wildman–Crippen MR) is 94.8 cm³/mol. The van der Waals surface area contributed by atoms with E-state index in [2.05, 4.69) is 5.32 Å². The number of nitrogens with one attached hydrogen (secondary N) is 1. The van der Waals surface area contributed by atoms with Crippen LogP contribution in [0.4, 0.5) is 11.4 Å². The molecule has 0 aliphatic rings. The highest BCUT2D eigenvalue weighted by atomic mass is 32.2. The lowest BCUT2D eigenvalue weighted by Crippen LogP contribution is -1.99. The Morgan fingerprint density at radius 1 is 1.00 bits per heavy atom. The Labute approximate surface area is 140 Å². The zero-order chi connectivity index (χ0) is 17.3. The van der Waals surface area contributed by atoms with Crippen molar-refractivity contribution in [3.63, 3.8) is 0 Å². The smallest absolute Gasteiger partial charge is 0.294 e. The second kappa shape index (κ2) is 6.14. The molecule has 0 saturated heterocycles. The Morgan fingerprint density at radius 3 is 2.42 bits per heavy atom. The number of methoxy groups -OCH3 is 1. The summed E-state index contributed by atoms with van der Waals surface area (Å²) in [6.45, 7) is 2.02. The van der Waals surface area contributed by atoms with E-state index in [-0.39, 0.29) is 4.90 Å². The van der Waals surface area contributed by atoms with Crippen LogP contribution < -0.4 is 10.1 Å². The van der Waals surface area contributed by atoms with Crippen LogP contribution in [-0.4, -0.2) is 20.1 Å². The Bertz CT molecular complexity index is 1010. The summed E-state index contributed by atoms with van der Waals surface area (Å²) in [5.41, 5.74) is 2.96. The van der Waals surface area contributed by atoms with Crippen molar-refractivity contribution in [1.29, 1.82) is 0 Å². The zero-order valence-electron chi connectivity index (χ0n) is 13.3. The first-order valence-electron chi connectivity index (χ1n) is 7.30. The lowest BCUT2D eigenvalue weighted by molar-refractivity contribution is 0.417. The van der Waals surface area contributed by atoms with E-state index in [0.29, 0.717) is 11.1 Å². The van der Waals surface area contributed by atoms with E-state index in [0.717, 1.165) is 22.3 Å². The molecule has 0 aliphatic heterocycles. The van der Waals surface area contributed by atoms with Crippen LogP contribution in [0, 0.1) is 6.92 Å². The van der Waals surface area contributed by atoms with Crippen LogP contribution in [0.1, 0.15) is 5.56 Å². The average molecular weight is 343 g/mol. The van der Waals surface area contributed by atoms with Gasteiger partial charge in [0.05, 0.1) is 12.0 Å². The van der Waals surface area contributed by atoms with Crippen molar-refractivity contribution in [1.82, 2.24) is 0 Å². The summed E-state index contributed by atoms with van der Waals surface area (Å²) in [6, 6.07) is 16.2. The zero-order valence-corrected chi connectivity index (χ0v) is 14.1. The van der Waals surface area contributed by atoms with Crippen molar-refractivity contribution in [2.75, 3.05) is 12.4 Å². The van der Waals surface area contributed by atoms with Gasteiger partial charge in [-0.3, -0.25) is 4.55 Å². The summed E-state index contributed by atoms with van der Waals surface area (Å²) in [5, 5.41) is 4.73. The minimum absolute atomic E-state index is 0.189. The van der Waals surface area contributed by atoms with Crippen LogP contribution in [-0.2, 0) is 10.1 Å². The van der Waals surface area contributed by atoms with Gasteiger partial charge in [-0.2, -0.15) is 8.42 Å². The van der Waals surface area contributed by atoms with Gasteiger partial charge in [-0.25, -0.2) is 0 Å². The monoisotopic (exact) mass is 343 g/mol. The molecule has 0 spiro atoms. The minimum Gasteiger partial charge on any atom is -0.496 e. The van der Waals surface area contributed by atoms with E-state index in [1.807, 2.05) is 43.3 Å². The van der Waals surface area contributed by atoms with Gasteiger partial charge < -0.3 is 10.1 Å². The molecule has 0 aliphatic carbocycles. The second-order valence-corrected chi connectivity index (χ2v) is 6.95. The standard InChI is InChI=1S/C18H17NO4S/c1-12-4-3-5-14(8-12)19-15-7-6-13-9-16(24(20,21)22)11-18(23-2)17(13)10-15/h3-11,19H,1-2H3,(H,20,21,22). The number of hydrogen-bond donors (Lipinski definition) is 2. The quantitative estimate of drug-likeness (QED) is 0.696. The van der Waals surface area contributed by atoms with Crippen LogP contribution >= 0.6 is 0 Å². The highest BCUT2D eigenvalue weighted by Gasteiger charge is 2.14. The summed E-state index contributed by atoms with van der Waals surface area (Å²) in [7, 11) is -2.82. The summed E-state index contributed by atoms with van der Waals surface area (Å²) in [6.07, 6.45) is 0. The molecule has 0 bridgehead atoms. The molecule has 24 heavy (non-hydrogen) atoms. The topological polar surface area (TPSA) is 75.6 Å². The minimum atomic E-state index is -4.29. The molecule has 3 aromatic rings. The van der Waals surface area contributed by atoms with Crippen molar-refractivity contribution in [2.45, 2.75) is 11.8 Å². The normalized spacial score (nSPS) is 11.5. The molecule has 0 amide bonds. The SMILES string of the molecule is COc1cc(S(=O)(=O)O)cc2ccc(Nc3cccc(C)c3)cc12. The first-order valence-corrected chi connectivity index (χ1v) is 8.74. The maximum absolute atomic E-state index is 11.4. The summed E-state index contributed by atoms with van der Waals surface area (Å²) in [4.78, 5) is -0.189. The van der Waals surface area contributed by atoms with Crippen molar-refractivity contribution in [3.05, 3.63) is 60.2 Å². The Balaban J connectivity index is 2.07. The molecule has 3 aromatic carbocycles. The van der Waals surface area contributed by atoms with E-state index in [9.17, 15) is 13.0 Å². The molecule has 0 heterocycles. The molecule has 0 aromatic heterocycles. The molecule has 0 saturated carbocycles. The van der Waals surface area contributed by atoms with Crippen LogP contribution in [0.25, 0.3) is 10.8 Å². The molecule has 0 unspecified atom stereocenters. The Morgan fingerprint density at radius 2 is 1.75 bits per heavy atom. The number of aryl methyl sites for hydroxylation is 1. The summed E-state index contributed by atoms with van der Waals surface area (Å²) in [5.74, 6) is 0.382. The molecule has 6 heteroatoms. The van der Waals surface area contributed by atoms with Crippen molar-refractivity contribution < 1.29 is 17.7 Å². The van der Waals surface area contributed by atoms with Crippen molar-refractivity contribution >= 4 is 32.3 Å². The number of hydrogen-bond acceptors (Lipinski definition) is 4. The van der Waals surface area contributed by atoms with Crippen LogP contribution in [0.15, 0.2) is 59.5 Å². The van der Waals surface area contributed by atoms with Gasteiger partial charge in [-0.15, -0.1) is 0 Å². The third-order valence-electron chi connectivity index (χ3n) is 3.71. The molecule has 5 nitrogen and oxygen atoms in total. The van der Waals surface area contributed by atoms with Crippen LogP contribution in [0.2, 0.25) is 0 Å². The summed E-state index contributed by atoms with van der Waals surface area (Å²) >= 11 is 0. The fraction of sp³-hybridized carbons (Fsp3) is 0.111. The number of anilines is 2. The van der Waals surface area contributed by atoms with Gasteiger partial charge in [0.25, 0.3) is 10.1 Å². The van der Waals surface area contributed by atoms with E-state index in [1.54, 1.807) is 6.07 Å². The molecular weight excluding hydrogens is 326 g/mol. The van der Waals surface area contributed by atoms with Gasteiger partial charge >= 0.3 is 0 Å². The number of rotatable bonds is 4. The maximum atomic E-state index is 11.4. The maximum Gasteiger partial charge on any atom is 0.294 e. The number of fused-ring (bicyclic) bond motifs is 1. The highest BCUT2D eigenvalue weighted by molar-refractivity contribution is 7.85. The molecule has 2 N–H and O–H groups in total. The van der Waals surface area contributed by atoms with Crippen LogP contribution in [0.5, 0.6) is 5.75 Å². The lowest BCUT2D eigenvalue weighted by Gasteiger charge is -2.11. The summed E-state index contributed by atoms with van der Waals surface area (Å²) < 4.78 is 37.3. The van der Waals surface area contributed by atoms with Gasteiger partial charge in [0.2, 0.25) is 0 Å². The van der Waals surface area contributed by atoms with E-state index in [1.165, 1.54) is 19.2 Å². The van der Waals surface area contributed by atoms with Crippen LogP contribution in [0.3, 0.4) is 0 Å². The fourth-order valence-corrected chi connectivity index (χ4v) is 3.11. The molecule has 0 atom stereocenters. The Kier molecular flexibility index (Phi) is 4.17. The first kappa shape index (κ1) is 16.3. The molecule has 3 rings (SSSR count). The number of ether oxygens (including phenoxy) is 1. The van der Waals surface area contributed by atoms with Crippen molar-refractivity contribution in [2.24, 2.45) is 0 Å². The second-order valence-electron chi connectivity index (χ2n) is 5.53. The number of benzene rings is 3. The molecule has 124 valence electrons. The molecular formula is C18H17NO4S. The van der Waals surface area contributed by atoms with E-state index in [4.69, 9.17) is 4.74 Å². The molecule has 0 fully saturated rings. The largest absolute Gasteiger partial charge is 0.496 e. The highest BCUT2D eigenvalue weighted by Crippen LogP contribution is 2.32. The van der Waals surface area contributed by atoms with Crippen molar-refractivity contribution in [3.8, 4) is 5.75 Å². The van der Waals surface area contributed by atoms with E-state index < -0.39 is 10.1 Å². The van der Waals surface area contributed by atoms with Gasteiger partial charge in [-0.1, -0.05) is 18.2 Å². The first-order chi connectivity index (χ1) is 11.4. The van der Waals surface area contributed by atoms with Gasteiger partial charge in [0.1, 0.15) is 5.75 Å². The fourth-order valence-electron chi connectivity index (χ4n) is 2.58. The lowest BCUT2D eigenvalue weighted by atomic mass is 10.1. The van der Waals surface area contributed by atoms with Gasteiger partial charge in [-0.05, 0) is 48.2 Å². The average Bonchev–Trinajstić information content (AvgIpc) is 2.53. The Hall–Kier alpha value is -2.57.